The number of carbonyl (C=O) groups excluding carboxylic acids is 2. The predicted molar refractivity (Wildman–Crippen MR) is 114 cm³/mol. The Hall–Kier alpha value is -2.82. The summed E-state index contributed by atoms with van der Waals surface area (Å²) in [4.78, 5) is 26.5. The lowest BCUT2D eigenvalue weighted by atomic mass is 10.1. The molecule has 0 saturated carbocycles. The Morgan fingerprint density at radius 2 is 1.68 bits per heavy atom. The average molecular weight is 380 g/mol. The van der Waals surface area contributed by atoms with Crippen molar-refractivity contribution in [2.24, 2.45) is 0 Å². The second-order valence-electron chi connectivity index (χ2n) is 7.18. The van der Waals surface area contributed by atoms with Crippen molar-refractivity contribution in [3.05, 3.63) is 59.7 Å². The normalized spacial score (nSPS) is 13.4. The number of anilines is 2. The van der Waals surface area contributed by atoms with E-state index in [1.807, 2.05) is 31.2 Å². The highest BCUT2D eigenvalue weighted by atomic mass is 16.2. The number of nitrogens with one attached hydrogen (secondary N) is 2. The molecular weight excluding hydrogens is 350 g/mol. The molecule has 1 fully saturated rings. The number of nitrogens with zero attached hydrogens (tertiary/aromatic N) is 1. The summed E-state index contributed by atoms with van der Waals surface area (Å²) in [5.74, 6) is -1.20. The molecule has 28 heavy (non-hydrogen) atoms. The number of para-hydroxylation sites is 1. The zero-order valence-corrected chi connectivity index (χ0v) is 16.5. The largest absolute Gasteiger partial charge is 0.372 e. The summed E-state index contributed by atoms with van der Waals surface area (Å²) in [6.45, 7) is 4.80. The van der Waals surface area contributed by atoms with Crippen LogP contribution < -0.4 is 15.5 Å². The van der Waals surface area contributed by atoms with Gasteiger partial charge in [0.15, 0.2) is 0 Å². The molecular formula is C23H29N3O2. The van der Waals surface area contributed by atoms with Crippen molar-refractivity contribution in [2.45, 2.75) is 39.0 Å². The first kappa shape index (κ1) is 19.9. The fourth-order valence-electron chi connectivity index (χ4n) is 3.55. The van der Waals surface area contributed by atoms with Crippen molar-refractivity contribution in [3.63, 3.8) is 0 Å². The summed E-state index contributed by atoms with van der Waals surface area (Å²) in [5.41, 5.74) is 4.25. The van der Waals surface area contributed by atoms with E-state index in [9.17, 15) is 9.59 Å². The van der Waals surface area contributed by atoms with Crippen molar-refractivity contribution in [2.75, 3.05) is 29.9 Å². The van der Waals surface area contributed by atoms with E-state index in [0.29, 0.717) is 12.2 Å². The molecule has 0 aromatic heterocycles. The van der Waals surface area contributed by atoms with Crippen LogP contribution in [0, 0.1) is 0 Å². The van der Waals surface area contributed by atoms with Crippen molar-refractivity contribution in [3.8, 4) is 0 Å². The maximum Gasteiger partial charge on any atom is 0.313 e. The Kier molecular flexibility index (Phi) is 7.06. The van der Waals surface area contributed by atoms with Crippen molar-refractivity contribution < 1.29 is 9.59 Å². The van der Waals surface area contributed by atoms with E-state index in [-0.39, 0.29) is 0 Å². The molecule has 1 aliphatic rings. The molecule has 5 heteroatoms. The van der Waals surface area contributed by atoms with Crippen LogP contribution in [0.5, 0.6) is 0 Å². The molecule has 2 N–H and O–H groups in total. The lowest BCUT2D eigenvalue weighted by Crippen LogP contribution is -2.36. The van der Waals surface area contributed by atoms with Crippen LogP contribution in [0.1, 0.15) is 37.3 Å². The second-order valence-corrected chi connectivity index (χ2v) is 7.18. The van der Waals surface area contributed by atoms with E-state index in [1.54, 1.807) is 0 Å². The molecule has 1 aliphatic heterocycles. The van der Waals surface area contributed by atoms with Crippen molar-refractivity contribution >= 4 is 23.2 Å². The summed E-state index contributed by atoms with van der Waals surface area (Å²) >= 11 is 0. The first-order valence-corrected chi connectivity index (χ1v) is 10.2. The molecule has 0 radical (unpaired) electrons. The SMILES string of the molecule is CCc1ccccc1NC(=O)C(=O)NCCCc1ccc(N2CCCC2)cc1. The number of aryl methyl sites for hydroxylation is 2. The topological polar surface area (TPSA) is 61.4 Å². The zero-order chi connectivity index (χ0) is 19.8. The minimum Gasteiger partial charge on any atom is -0.372 e. The molecule has 0 spiro atoms. The predicted octanol–water partition coefficient (Wildman–Crippen LogP) is 3.54. The van der Waals surface area contributed by atoms with Crippen molar-refractivity contribution in [1.82, 2.24) is 5.32 Å². The summed E-state index contributed by atoms with van der Waals surface area (Å²) in [7, 11) is 0. The number of rotatable bonds is 7. The number of amides is 2. The van der Waals surface area contributed by atoms with Gasteiger partial charge in [-0.25, -0.2) is 0 Å². The van der Waals surface area contributed by atoms with Crippen LogP contribution in [0.25, 0.3) is 0 Å². The van der Waals surface area contributed by atoms with Crippen molar-refractivity contribution in [1.29, 1.82) is 0 Å². The Morgan fingerprint density at radius 1 is 0.964 bits per heavy atom. The zero-order valence-electron chi connectivity index (χ0n) is 16.5. The molecule has 1 saturated heterocycles. The summed E-state index contributed by atoms with van der Waals surface area (Å²) in [6.07, 6.45) is 5.03. The number of carbonyl (C=O) groups is 2. The van der Waals surface area contributed by atoms with Crippen LogP contribution >= 0.6 is 0 Å². The molecule has 5 nitrogen and oxygen atoms in total. The number of hydrogen-bond acceptors (Lipinski definition) is 3. The van der Waals surface area contributed by atoms with E-state index >= 15 is 0 Å². The lowest BCUT2D eigenvalue weighted by molar-refractivity contribution is -0.136. The average Bonchev–Trinajstić information content (AvgIpc) is 3.26. The van der Waals surface area contributed by atoms with E-state index < -0.39 is 11.8 Å². The minimum atomic E-state index is -0.615. The van der Waals surface area contributed by atoms with Gasteiger partial charge in [0.05, 0.1) is 0 Å². The highest BCUT2D eigenvalue weighted by Crippen LogP contribution is 2.20. The van der Waals surface area contributed by atoms with Gasteiger partial charge in [-0.05, 0) is 61.4 Å². The standard InChI is InChI=1S/C23H29N3O2/c1-2-19-9-3-4-10-21(19)25-23(28)22(27)24-15-7-8-18-11-13-20(14-12-18)26-16-5-6-17-26/h3-4,9-14H,2,5-8,15-17H2,1H3,(H,24,27)(H,25,28). The molecule has 2 amide bonds. The van der Waals surface area contributed by atoms with Gasteiger partial charge in [-0.3, -0.25) is 9.59 Å². The van der Waals surface area contributed by atoms with Gasteiger partial charge in [0.25, 0.3) is 0 Å². The summed E-state index contributed by atoms with van der Waals surface area (Å²) in [6, 6.07) is 16.2. The van der Waals surface area contributed by atoms with E-state index in [0.717, 1.165) is 37.9 Å². The molecule has 0 unspecified atom stereocenters. The maximum absolute atomic E-state index is 12.1. The Morgan fingerprint density at radius 3 is 2.39 bits per heavy atom. The molecule has 0 atom stereocenters. The van der Waals surface area contributed by atoms with E-state index in [4.69, 9.17) is 0 Å². The number of hydrogen-bond donors (Lipinski definition) is 2. The van der Waals surface area contributed by atoms with Crippen LogP contribution in [0.2, 0.25) is 0 Å². The summed E-state index contributed by atoms with van der Waals surface area (Å²) in [5, 5.41) is 5.40. The van der Waals surface area contributed by atoms with Gasteiger partial charge in [-0.2, -0.15) is 0 Å². The van der Waals surface area contributed by atoms with Crippen LogP contribution in [0.4, 0.5) is 11.4 Å². The highest BCUT2D eigenvalue weighted by molar-refractivity contribution is 6.39. The molecule has 2 aromatic rings. The number of benzene rings is 2. The van der Waals surface area contributed by atoms with E-state index in [1.165, 1.54) is 24.1 Å². The van der Waals surface area contributed by atoms with Crippen LogP contribution in [0.3, 0.4) is 0 Å². The molecule has 2 aromatic carbocycles. The Bertz CT molecular complexity index is 796. The smallest absolute Gasteiger partial charge is 0.313 e. The third-order valence-electron chi connectivity index (χ3n) is 5.19. The first-order chi connectivity index (χ1) is 13.7. The fourth-order valence-corrected chi connectivity index (χ4v) is 3.55. The van der Waals surface area contributed by atoms with Gasteiger partial charge >= 0.3 is 11.8 Å². The van der Waals surface area contributed by atoms with Crippen LogP contribution in [-0.2, 0) is 22.4 Å². The summed E-state index contributed by atoms with van der Waals surface area (Å²) < 4.78 is 0. The van der Waals surface area contributed by atoms with E-state index in [2.05, 4.69) is 39.8 Å². The van der Waals surface area contributed by atoms with Gasteiger partial charge in [-0.1, -0.05) is 37.3 Å². The third-order valence-corrected chi connectivity index (χ3v) is 5.19. The highest BCUT2D eigenvalue weighted by Gasteiger charge is 2.14. The quantitative estimate of drug-likeness (QED) is 0.571. The maximum atomic E-state index is 12.1. The first-order valence-electron chi connectivity index (χ1n) is 10.2. The van der Waals surface area contributed by atoms with Crippen LogP contribution in [-0.4, -0.2) is 31.4 Å². The van der Waals surface area contributed by atoms with Gasteiger partial charge in [0.1, 0.15) is 0 Å². The minimum absolute atomic E-state index is 0.482. The Labute approximate surface area is 167 Å². The van der Waals surface area contributed by atoms with Gasteiger partial charge < -0.3 is 15.5 Å². The monoisotopic (exact) mass is 379 g/mol. The second kappa shape index (κ2) is 9.93. The lowest BCUT2D eigenvalue weighted by Gasteiger charge is -2.17. The molecule has 0 aliphatic carbocycles. The van der Waals surface area contributed by atoms with Gasteiger partial charge in [-0.15, -0.1) is 0 Å². The molecule has 1 heterocycles. The fraction of sp³-hybridized carbons (Fsp3) is 0.391. The third kappa shape index (κ3) is 5.35. The van der Waals surface area contributed by atoms with Gasteiger partial charge in [0, 0.05) is 31.0 Å². The Balaban J connectivity index is 1.39. The van der Waals surface area contributed by atoms with Gasteiger partial charge in [0.2, 0.25) is 0 Å². The molecule has 3 rings (SSSR count). The van der Waals surface area contributed by atoms with Crippen LogP contribution in [0.15, 0.2) is 48.5 Å². The molecule has 148 valence electrons. The molecule has 0 bridgehead atoms.